The summed E-state index contributed by atoms with van der Waals surface area (Å²) >= 11 is 5.95. The predicted octanol–water partition coefficient (Wildman–Crippen LogP) is 2.02. The van der Waals surface area contributed by atoms with Gasteiger partial charge in [-0.1, -0.05) is 29.8 Å². The van der Waals surface area contributed by atoms with Crippen LogP contribution in [0.2, 0.25) is 5.02 Å². The first kappa shape index (κ1) is 23.2. The SMILES string of the molecule is CC(C)NC(=O)CCn1c(=O)c2ccccc2n2c(=O)n(CC(=O)Nc3cccc(Cl)c3)nc12. The number of carbonyl (C=O) groups is 2. The fraction of sp³-hybridized carbons (Fsp3) is 0.261. The maximum Gasteiger partial charge on any atom is 0.352 e. The molecular weight excluding hydrogens is 460 g/mol. The van der Waals surface area contributed by atoms with Gasteiger partial charge in [0.15, 0.2) is 0 Å². The quantitative estimate of drug-likeness (QED) is 0.417. The van der Waals surface area contributed by atoms with Gasteiger partial charge in [-0.05, 0) is 44.2 Å². The lowest BCUT2D eigenvalue weighted by atomic mass is 10.2. The molecule has 11 heteroatoms. The number of amides is 2. The Hall–Kier alpha value is -3.92. The smallest absolute Gasteiger partial charge is 0.352 e. The summed E-state index contributed by atoms with van der Waals surface area (Å²) in [6, 6.07) is 13.2. The van der Waals surface area contributed by atoms with E-state index in [4.69, 9.17) is 11.6 Å². The van der Waals surface area contributed by atoms with Crippen LogP contribution in [-0.4, -0.2) is 36.6 Å². The fourth-order valence-electron chi connectivity index (χ4n) is 3.68. The highest BCUT2D eigenvalue weighted by Crippen LogP contribution is 2.15. The largest absolute Gasteiger partial charge is 0.354 e. The van der Waals surface area contributed by atoms with Gasteiger partial charge < -0.3 is 10.6 Å². The summed E-state index contributed by atoms with van der Waals surface area (Å²) in [5.74, 6) is -0.653. The van der Waals surface area contributed by atoms with Gasteiger partial charge in [0.2, 0.25) is 17.6 Å². The van der Waals surface area contributed by atoms with E-state index in [9.17, 15) is 19.2 Å². The molecule has 34 heavy (non-hydrogen) atoms. The molecular formula is C23H23ClN6O4. The Labute approximate surface area is 198 Å². The van der Waals surface area contributed by atoms with E-state index in [2.05, 4.69) is 15.7 Å². The van der Waals surface area contributed by atoms with Gasteiger partial charge in [0.25, 0.3) is 5.56 Å². The van der Waals surface area contributed by atoms with Crippen LogP contribution in [0, 0.1) is 0 Å². The number of para-hydroxylation sites is 1. The van der Waals surface area contributed by atoms with Crippen LogP contribution in [0.25, 0.3) is 16.7 Å². The van der Waals surface area contributed by atoms with Crippen LogP contribution in [0.15, 0.2) is 58.1 Å². The van der Waals surface area contributed by atoms with Gasteiger partial charge in [0.05, 0.1) is 10.9 Å². The molecule has 0 saturated heterocycles. The molecule has 2 amide bonds. The topological polar surface area (TPSA) is 120 Å². The van der Waals surface area contributed by atoms with Crippen molar-refractivity contribution < 1.29 is 9.59 Å². The Morgan fingerprint density at radius 2 is 1.82 bits per heavy atom. The number of anilines is 1. The third-order valence-corrected chi connectivity index (χ3v) is 5.33. The van der Waals surface area contributed by atoms with E-state index in [0.29, 0.717) is 21.6 Å². The molecule has 4 rings (SSSR count). The maximum atomic E-state index is 13.2. The standard InChI is InChI=1S/C23H23ClN6O4/c1-14(2)25-19(31)10-11-28-21(33)17-8-3-4-9-18(17)30-22(28)27-29(23(30)34)13-20(32)26-16-7-5-6-15(24)12-16/h3-9,12,14H,10-11,13H2,1-2H3,(H,25,31)(H,26,32). The van der Waals surface area contributed by atoms with Crippen LogP contribution in [0.4, 0.5) is 5.69 Å². The first-order chi connectivity index (χ1) is 16.2. The van der Waals surface area contributed by atoms with Crippen molar-refractivity contribution in [1.29, 1.82) is 0 Å². The van der Waals surface area contributed by atoms with Crippen molar-refractivity contribution >= 4 is 45.8 Å². The third-order valence-electron chi connectivity index (χ3n) is 5.10. The summed E-state index contributed by atoms with van der Waals surface area (Å²) in [7, 11) is 0. The van der Waals surface area contributed by atoms with Crippen LogP contribution in [0.3, 0.4) is 0 Å². The summed E-state index contributed by atoms with van der Waals surface area (Å²) in [4.78, 5) is 51.1. The average Bonchev–Trinajstić information content (AvgIpc) is 3.09. The van der Waals surface area contributed by atoms with Gasteiger partial charge in [-0.25, -0.2) is 13.9 Å². The molecule has 0 saturated carbocycles. The van der Waals surface area contributed by atoms with E-state index < -0.39 is 11.6 Å². The Morgan fingerprint density at radius 1 is 1.06 bits per heavy atom. The normalized spacial score (nSPS) is 11.3. The van der Waals surface area contributed by atoms with E-state index >= 15 is 0 Å². The highest BCUT2D eigenvalue weighted by Gasteiger charge is 2.19. The Balaban J connectivity index is 1.74. The summed E-state index contributed by atoms with van der Waals surface area (Å²) in [6.45, 7) is 3.34. The first-order valence-electron chi connectivity index (χ1n) is 10.7. The van der Waals surface area contributed by atoms with E-state index in [-0.39, 0.29) is 42.8 Å². The lowest BCUT2D eigenvalue weighted by Crippen LogP contribution is -2.33. The summed E-state index contributed by atoms with van der Waals surface area (Å²) < 4.78 is 3.56. The highest BCUT2D eigenvalue weighted by molar-refractivity contribution is 6.30. The van der Waals surface area contributed by atoms with Crippen LogP contribution in [0.5, 0.6) is 0 Å². The van der Waals surface area contributed by atoms with E-state index in [1.165, 1.54) is 8.97 Å². The second kappa shape index (κ2) is 9.52. The number of rotatable bonds is 7. The molecule has 2 heterocycles. The molecule has 4 aromatic rings. The zero-order valence-electron chi connectivity index (χ0n) is 18.6. The number of nitrogens with zero attached hydrogens (tertiary/aromatic N) is 4. The van der Waals surface area contributed by atoms with Gasteiger partial charge >= 0.3 is 5.69 Å². The molecule has 0 spiro atoms. The molecule has 0 aliphatic carbocycles. The van der Waals surface area contributed by atoms with Gasteiger partial charge in [0.1, 0.15) is 6.54 Å². The lowest BCUT2D eigenvalue weighted by molar-refractivity contribution is -0.121. The minimum atomic E-state index is -0.576. The second-order valence-electron chi connectivity index (χ2n) is 8.08. The Bertz CT molecular complexity index is 1520. The molecule has 0 bridgehead atoms. The zero-order valence-corrected chi connectivity index (χ0v) is 19.4. The molecule has 0 aliphatic heterocycles. The molecule has 0 atom stereocenters. The number of nitrogens with one attached hydrogen (secondary N) is 2. The van der Waals surface area contributed by atoms with Crippen molar-refractivity contribution in [3.63, 3.8) is 0 Å². The van der Waals surface area contributed by atoms with Crippen molar-refractivity contribution in [3.8, 4) is 0 Å². The summed E-state index contributed by atoms with van der Waals surface area (Å²) in [5, 5.41) is 10.5. The van der Waals surface area contributed by atoms with E-state index in [0.717, 1.165) is 4.68 Å². The zero-order chi connectivity index (χ0) is 24.4. The molecule has 2 N–H and O–H groups in total. The van der Waals surface area contributed by atoms with Gasteiger partial charge in [-0.3, -0.25) is 19.0 Å². The molecule has 10 nitrogen and oxygen atoms in total. The minimum Gasteiger partial charge on any atom is -0.354 e. The molecule has 0 radical (unpaired) electrons. The second-order valence-corrected chi connectivity index (χ2v) is 8.52. The lowest BCUT2D eigenvalue weighted by Gasteiger charge is -2.11. The molecule has 176 valence electrons. The Kier molecular flexibility index (Phi) is 6.51. The molecule has 0 unspecified atom stereocenters. The van der Waals surface area contributed by atoms with Crippen molar-refractivity contribution in [1.82, 2.24) is 24.1 Å². The molecule has 0 fully saturated rings. The third kappa shape index (κ3) is 4.72. The van der Waals surface area contributed by atoms with E-state index in [1.54, 1.807) is 48.5 Å². The van der Waals surface area contributed by atoms with Crippen LogP contribution < -0.4 is 21.9 Å². The number of aryl methyl sites for hydroxylation is 1. The fourth-order valence-corrected chi connectivity index (χ4v) is 3.87. The van der Waals surface area contributed by atoms with E-state index in [1.807, 2.05) is 13.8 Å². The first-order valence-corrected chi connectivity index (χ1v) is 11.1. The van der Waals surface area contributed by atoms with Crippen molar-refractivity contribution in [2.75, 3.05) is 5.32 Å². The number of benzene rings is 2. The number of fused-ring (bicyclic) bond motifs is 3. The summed E-state index contributed by atoms with van der Waals surface area (Å²) in [6.07, 6.45) is 0.0301. The van der Waals surface area contributed by atoms with Crippen LogP contribution in [0.1, 0.15) is 20.3 Å². The van der Waals surface area contributed by atoms with Crippen LogP contribution in [-0.2, 0) is 22.7 Å². The van der Waals surface area contributed by atoms with Crippen molar-refractivity contribution in [2.24, 2.45) is 0 Å². The maximum absolute atomic E-state index is 13.2. The number of halogens is 1. The molecule has 2 aromatic carbocycles. The van der Waals surface area contributed by atoms with Crippen molar-refractivity contribution in [2.45, 2.75) is 39.4 Å². The van der Waals surface area contributed by atoms with Crippen molar-refractivity contribution in [3.05, 3.63) is 74.4 Å². The number of hydrogen-bond donors (Lipinski definition) is 2. The minimum absolute atomic E-state index is 0.0247. The van der Waals surface area contributed by atoms with Gasteiger partial charge in [-0.2, -0.15) is 0 Å². The highest BCUT2D eigenvalue weighted by atomic mass is 35.5. The number of aromatic nitrogens is 4. The molecule has 2 aromatic heterocycles. The van der Waals surface area contributed by atoms with Crippen LogP contribution >= 0.6 is 11.6 Å². The predicted molar refractivity (Wildman–Crippen MR) is 129 cm³/mol. The molecule has 0 aliphatic rings. The van der Waals surface area contributed by atoms with Gasteiger partial charge in [0, 0.05) is 29.7 Å². The number of carbonyl (C=O) groups excluding carboxylic acids is 2. The average molecular weight is 483 g/mol. The number of hydrogen-bond acceptors (Lipinski definition) is 5. The monoisotopic (exact) mass is 482 g/mol. The summed E-state index contributed by atoms with van der Waals surface area (Å²) in [5.41, 5.74) is -0.0986. The Morgan fingerprint density at radius 3 is 2.56 bits per heavy atom. The van der Waals surface area contributed by atoms with Gasteiger partial charge in [-0.15, -0.1) is 5.10 Å².